The molecule has 0 fully saturated rings. The Kier molecular flexibility index (Phi) is 7.26. The molecule has 1 aliphatic heterocycles. The van der Waals surface area contributed by atoms with Crippen molar-refractivity contribution in [2.24, 2.45) is 10.9 Å². The lowest BCUT2D eigenvalue weighted by molar-refractivity contribution is -0.148. The summed E-state index contributed by atoms with van der Waals surface area (Å²) in [6.45, 7) is 7.51. The van der Waals surface area contributed by atoms with E-state index >= 15 is 0 Å². The van der Waals surface area contributed by atoms with Gasteiger partial charge in [0.15, 0.2) is 5.78 Å². The highest BCUT2D eigenvalue weighted by Gasteiger charge is 2.46. The Bertz CT molecular complexity index is 756. The van der Waals surface area contributed by atoms with Crippen LogP contribution in [0.25, 0.3) is 0 Å². The van der Waals surface area contributed by atoms with Crippen LogP contribution >= 0.6 is 0 Å². The molecule has 0 saturated carbocycles. The molecule has 0 radical (unpaired) electrons. The van der Waals surface area contributed by atoms with E-state index < -0.39 is 17.6 Å². The molecule has 2 rings (SSSR count). The molecule has 1 amide bonds. The lowest BCUT2D eigenvalue weighted by atomic mass is 9.82. The lowest BCUT2D eigenvalue weighted by Crippen LogP contribution is -2.54. The van der Waals surface area contributed by atoms with Crippen molar-refractivity contribution in [3.63, 3.8) is 0 Å². The standard InChI is InChI=1S/C22H28N2O4/c1-5-28-19(26)14-22(12-9-13-23-22)21(27)20(16(2)3)24(17(4)25)15-18-10-7-6-8-11-18/h6-13,16,20H,5,14-15H2,1-4H3. The van der Waals surface area contributed by atoms with Gasteiger partial charge in [0.2, 0.25) is 5.91 Å². The molecule has 1 aromatic rings. The molecule has 0 aliphatic carbocycles. The topological polar surface area (TPSA) is 76.0 Å². The fourth-order valence-electron chi connectivity index (χ4n) is 3.44. The van der Waals surface area contributed by atoms with Gasteiger partial charge in [0.1, 0.15) is 5.54 Å². The fourth-order valence-corrected chi connectivity index (χ4v) is 3.44. The van der Waals surface area contributed by atoms with Gasteiger partial charge in [-0.1, -0.05) is 44.2 Å². The SMILES string of the molecule is CCOC(=O)CC1(C(=O)C(C(C)C)N(Cc2ccccc2)C(C)=O)C=CC=N1. The molecule has 6 heteroatoms. The zero-order valence-corrected chi connectivity index (χ0v) is 16.9. The Morgan fingerprint density at radius 2 is 1.86 bits per heavy atom. The van der Waals surface area contributed by atoms with Crippen LogP contribution in [0.3, 0.4) is 0 Å². The third-order valence-corrected chi connectivity index (χ3v) is 4.74. The number of hydrogen-bond donors (Lipinski definition) is 0. The molecule has 2 atom stereocenters. The normalized spacial score (nSPS) is 18.9. The molecular weight excluding hydrogens is 356 g/mol. The molecule has 1 aromatic carbocycles. The van der Waals surface area contributed by atoms with E-state index in [1.165, 1.54) is 13.1 Å². The van der Waals surface area contributed by atoms with Gasteiger partial charge in [-0.3, -0.25) is 19.4 Å². The molecule has 1 heterocycles. The summed E-state index contributed by atoms with van der Waals surface area (Å²) in [5, 5.41) is 0. The Morgan fingerprint density at radius 1 is 1.18 bits per heavy atom. The van der Waals surface area contributed by atoms with E-state index in [0.29, 0.717) is 6.54 Å². The highest BCUT2D eigenvalue weighted by molar-refractivity contribution is 6.03. The number of hydrogen-bond acceptors (Lipinski definition) is 5. The minimum absolute atomic E-state index is 0.150. The van der Waals surface area contributed by atoms with Gasteiger partial charge in [-0.2, -0.15) is 0 Å². The van der Waals surface area contributed by atoms with Gasteiger partial charge in [-0.25, -0.2) is 0 Å². The van der Waals surface area contributed by atoms with Crippen LogP contribution in [0.5, 0.6) is 0 Å². The van der Waals surface area contributed by atoms with E-state index in [4.69, 9.17) is 4.74 Å². The molecule has 0 saturated heterocycles. The lowest BCUT2D eigenvalue weighted by Gasteiger charge is -2.37. The number of esters is 1. The number of rotatable bonds is 9. The summed E-state index contributed by atoms with van der Waals surface area (Å²) in [5.41, 5.74) is -0.396. The predicted octanol–water partition coefficient (Wildman–Crippen LogP) is 2.96. The molecule has 150 valence electrons. The number of amides is 1. The number of ketones is 1. The van der Waals surface area contributed by atoms with Gasteiger partial charge in [0.05, 0.1) is 19.1 Å². The van der Waals surface area contributed by atoms with Gasteiger partial charge in [0.25, 0.3) is 0 Å². The molecule has 2 unspecified atom stereocenters. The van der Waals surface area contributed by atoms with Crippen molar-refractivity contribution in [3.8, 4) is 0 Å². The minimum Gasteiger partial charge on any atom is -0.466 e. The maximum absolute atomic E-state index is 13.6. The number of Topliss-reactive ketones (excluding diaryl/α,β-unsaturated/α-hetero) is 1. The number of benzene rings is 1. The Hall–Kier alpha value is -2.76. The van der Waals surface area contributed by atoms with Crippen LogP contribution < -0.4 is 0 Å². The summed E-state index contributed by atoms with van der Waals surface area (Å²) in [6, 6.07) is 8.81. The third-order valence-electron chi connectivity index (χ3n) is 4.74. The molecule has 6 nitrogen and oxygen atoms in total. The first-order chi connectivity index (χ1) is 13.3. The number of aliphatic imine (C=N–C) groups is 1. The molecular formula is C22H28N2O4. The highest BCUT2D eigenvalue weighted by Crippen LogP contribution is 2.30. The second-order valence-electron chi connectivity index (χ2n) is 7.23. The van der Waals surface area contributed by atoms with E-state index in [2.05, 4.69) is 4.99 Å². The number of nitrogens with zero attached hydrogens (tertiary/aromatic N) is 2. The smallest absolute Gasteiger partial charge is 0.309 e. The summed E-state index contributed by atoms with van der Waals surface area (Å²) in [5.74, 6) is -1.11. The first-order valence-corrected chi connectivity index (χ1v) is 9.55. The number of ether oxygens (including phenoxy) is 1. The zero-order chi connectivity index (χ0) is 20.7. The van der Waals surface area contributed by atoms with Crippen molar-refractivity contribution < 1.29 is 19.1 Å². The molecule has 0 aromatic heterocycles. The van der Waals surface area contributed by atoms with Crippen LogP contribution in [-0.2, 0) is 25.7 Å². The maximum atomic E-state index is 13.6. The summed E-state index contributed by atoms with van der Waals surface area (Å²) in [7, 11) is 0. The second-order valence-corrected chi connectivity index (χ2v) is 7.23. The predicted molar refractivity (Wildman–Crippen MR) is 108 cm³/mol. The fraction of sp³-hybridized carbons (Fsp3) is 0.455. The van der Waals surface area contributed by atoms with Gasteiger partial charge in [0, 0.05) is 19.7 Å². The van der Waals surface area contributed by atoms with Crippen LogP contribution in [-0.4, -0.2) is 47.0 Å². The summed E-state index contributed by atoms with van der Waals surface area (Å²) in [6.07, 6.45) is 4.63. The van der Waals surface area contributed by atoms with E-state index in [9.17, 15) is 14.4 Å². The molecule has 1 aliphatic rings. The van der Waals surface area contributed by atoms with Crippen molar-refractivity contribution in [1.29, 1.82) is 0 Å². The molecule has 0 bridgehead atoms. The Balaban J connectivity index is 2.37. The van der Waals surface area contributed by atoms with Crippen molar-refractivity contribution in [2.45, 2.75) is 52.2 Å². The average molecular weight is 384 g/mol. The number of allylic oxidation sites excluding steroid dienone is 1. The van der Waals surface area contributed by atoms with E-state index in [1.54, 1.807) is 24.0 Å². The van der Waals surface area contributed by atoms with Crippen molar-refractivity contribution in [1.82, 2.24) is 4.90 Å². The van der Waals surface area contributed by atoms with Gasteiger partial charge < -0.3 is 9.64 Å². The quantitative estimate of drug-likeness (QED) is 0.614. The van der Waals surface area contributed by atoms with Crippen molar-refractivity contribution >= 4 is 23.9 Å². The molecule has 0 spiro atoms. The van der Waals surface area contributed by atoms with Gasteiger partial charge in [-0.05, 0) is 30.6 Å². The number of carbonyl (C=O) groups is 3. The van der Waals surface area contributed by atoms with Crippen LogP contribution in [0, 0.1) is 5.92 Å². The summed E-state index contributed by atoms with van der Waals surface area (Å²) in [4.78, 5) is 44.1. The third kappa shape index (κ3) is 4.94. The highest BCUT2D eigenvalue weighted by atomic mass is 16.5. The van der Waals surface area contributed by atoms with E-state index in [0.717, 1.165) is 5.56 Å². The maximum Gasteiger partial charge on any atom is 0.309 e. The monoisotopic (exact) mass is 384 g/mol. The van der Waals surface area contributed by atoms with Crippen LogP contribution in [0.15, 0.2) is 47.5 Å². The molecule has 0 N–H and O–H groups in total. The van der Waals surface area contributed by atoms with E-state index in [-0.39, 0.29) is 30.6 Å². The Morgan fingerprint density at radius 3 is 2.36 bits per heavy atom. The average Bonchev–Trinajstić information content (AvgIpc) is 3.11. The zero-order valence-electron chi connectivity index (χ0n) is 16.9. The van der Waals surface area contributed by atoms with Crippen LogP contribution in [0.4, 0.5) is 0 Å². The number of carbonyl (C=O) groups excluding carboxylic acids is 3. The first-order valence-electron chi connectivity index (χ1n) is 9.55. The molecule has 28 heavy (non-hydrogen) atoms. The minimum atomic E-state index is -1.33. The van der Waals surface area contributed by atoms with Crippen LogP contribution in [0.2, 0.25) is 0 Å². The van der Waals surface area contributed by atoms with Gasteiger partial charge >= 0.3 is 5.97 Å². The summed E-state index contributed by atoms with van der Waals surface area (Å²) < 4.78 is 5.04. The largest absolute Gasteiger partial charge is 0.466 e. The Labute approximate surface area is 166 Å². The first kappa shape index (κ1) is 21.5. The van der Waals surface area contributed by atoms with Crippen LogP contribution in [0.1, 0.15) is 39.7 Å². The summed E-state index contributed by atoms with van der Waals surface area (Å²) >= 11 is 0. The second kappa shape index (κ2) is 9.44. The van der Waals surface area contributed by atoms with Crippen molar-refractivity contribution in [3.05, 3.63) is 48.0 Å². The van der Waals surface area contributed by atoms with E-state index in [1.807, 2.05) is 44.2 Å². The van der Waals surface area contributed by atoms with Gasteiger partial charge in [-0.15, -0.1) is 0 Å². The van der Waals surface area contributed by atoms with Crippen molar-refractivity contribution in [2.75, 3.05) is 6.61 Å².